The fourth-order valence-electron chi connectivity index (χ4n) is 1.26. The van der Waals surface area contributed by atoms with Crippen molar-refractivity contribution in [1.29, 1.82) is 0 Å². The number of H-pyrrole nitrogens is 1. The lowest BCUT2D eigenvalue weighted by Crippen LogP contribution is -1.83. The maximum atomic E-state index is 3.97. The average Bonchev–Trinajstić information content (AvgIpc) is 2.51. The van der Waals surface area contributed by atoms with Gasteiger partial charge >= 0.3 is 0 Å². The van der Waals surface area contributed by atoms with Crippen molar-refractivity contribution in [2.45, 2.75) is 6.42 Å². The standard InChI is InChI=1S/C9H9BrN2/c10-4-3-7-1-2-9-8(5-7)6-11-12-9/h1-2,5-6H,3-4H2,(H,11,12). The van der Waals surface area contributed by atoms with Crippen molar-refractivity contribution in [2.75, 3.05) is 5.33 Å². The van der Waals surface area contributed by atoms with Crippen LogP contribution in [0.15, 0.2) is 24.4 Å². The predicted octanol–water partition coefficient (Wildman–Crippen LogP) is 2.50. The topological polar surface area (TPSA) is 28.7 Å². The number of fused-ring (bicyclic) bond motifs is 1. The summed E-state index contributed by atoms with van der Waals surface area (Å²) in [6.45, 7) is 0. The Hall–Kier alpha value is -0.830. The smallest absolute Gasteiger partial charge is 0.0650 e. The van der Waals surface area contributed by atoms with Gasteiger partial charge in [-0.1, -0.05) is 22.0 Å². The van der Waals surface area contributed by atoms with E-state index in [1.54, 1.807) is 0 Å². The second-order valence-electron chi connectivity index (χ2n) is 2.73. The molecule has 0 radical (unpaired) electrons. The van der Waals surface area contributed by atoms with E-state index < -0.39 is 0 Å². The molecule has 0 atom stereocenters. The van der Waals surface area contributed by atoms with Gasteiger partial charge in [-0.15, -0.1) is 0 Å². The number of rotatable bonds is 2. The van der Waals surface area contributed by atoms with Gasteiger partial charge in [0.05, 0.1) is 11.7 Å². The van der Waals surface area contributed by atoms with E-state index in [0.29, 0.717) is 0 Å². The molecule has 1 heterocycles. The van der Waals surface area contributed by atoms with Gasteiger partial charge in [0.2, 0.25) is 0 Å². The molecule has 0 saturated carbocycles. The van der Waals surface area contributed by atoms with Crippen LogP contribution in [0, 0.1) is 0 Å². The summed E-state index contributed by atoms with van der Waals surface area (Å²) in [4.78, 5) is 0. The second kappa shape index (κ2) is 3.27. The van der Waals surface area contributed by atoms with Crippen LogP contribution in [0.5, 0.6) is 0 Å². The highest BCUT2D eigenvalue weighted by Crippen LogP contribution is 2.13. The van der Waals surface area contributed by atoms with Crippen molar-refractivity contribution in [3.63, 3.8) is 0 Å². The Labute approximate surface area is 79.1 Å². The van der Waals surface area contributed by atoms with Crippen molar-refractivity contribution in [1.82, 2.24) is 10.2 Å². The first kappa shape index (κ1) is 7.80. The summed E-state index contributed by atoms with van der Waals surface area (Å²) in [5.74, 6) is 0. The molecule has 0 aliphatic rings. The predicted molar refractivity (Wildman–Crippen MR) is 53.6 cm³/mol. The van der Waals surface area contributed by atoms with Gasteiger partial charge in [-0.3, -0.25) is 5.10 Å². The molecule has 3 heteroatoms. The minimum atomic E-state index is 1.01. The number of nitrogens with one attached hydrogen (secondary N) is 1. The largest absolute Gasteiger partial charge is 0.278 e. The quantitative estimate of drug-likeness (QED) is 0.781. The van der Waals surface area contributed by atoms with E-state index in [-0.39, 0.29) is 0 Å². The zero-order chi connectivity index (χ0) is 8.39. The molecule has 62 valence electrons. The molecule has 1 aromatic heterocycles. The molecule has 0 unspecified atom stereocenters. The third kappa shape index (κ3) is 1.37. The molecule has 0 saturated heterocycles. The third-order valence-electron chi connectivity index (χ3n) is 1.89. The molecule has 1 N–H and O–H groups in total. The number of alkyl halides is 1. The van der Waals surface area contributed by atoms with E-state index in [9.17, 15) is 0 Å². The van der Waals surface area contributed by atoms with Crippen molar-refractivity contribution in [2.24, 2.45) is 0 Å². The van der Waals surface area contributed by atoms with E-state index in [4.69, 9.17) is 0 Å². The summed E-state index contributed by atoms with van der Waals surface area (Å²) in [6, 6.07) is 6.36. The number of hydrogen-bond donors (Lipinski definition) is 1. The van der Waals surface area contributed by atoms with Crippen LogP contribution in [0.25, 0.3) is 10.9 Å². The number of benzene rings is 1. The lowest BCUT2D eigenvalue weighted by molar-refractivity contribution is 1.12. The van der Waals surface area contributed by atoms with Crippen LogP contribution >= 0.6 is 15.9 Å². The molecule has 2 rings (SSSR count). The molecule has 1 aromatic carbocycles. The van der Waals surface area contributed by atoms with Gasteiger partial charge in [0.25, 0.3) is 0 Å². The average molecular weight is 225 g/mol. The molecule has 0 fully saturated rings. The second-order valence-corrected chi connectivity index (χ2v) is 3.52. The number of halogens is 1. The van der Waals surface area contributed by atoms with Crippen LogP contribution < -0.4 is 0 Å². The fourth-order valence-corrected chi connectivity index (χ4v) is 1.71. The Balaban J connectivity index is 2.46. The Kier molecular flexibility index (Phi) is 2.13. The number of aromatic amines is 1. The van der Waals surface area contributed by atoms with E-state index in [2.05, 4.69) is 44.3 Å². The van der Waals surface area contributed by atoms with E-state index in [0.717, 1.165) is 17.3 Å². The van der Waals surface area contributed by atoms with Crippen LogP contribution in [0.3, 0.4) is 0 Å². The van der Waals surface area contributed by atoms with Crippen LogP contribution in [-0.2, 0) is 6.42 Å². The van der Waals surface area contributed by atoms with Crippen LogP contribution in [0.1, 0.15) is 5.56 Å². The van der Waals surface area contributed by atoms with E-state index >= 15 is 0 Å². The summed E-state index contributed by atoms with van der Waals surface area (Å²) in [6.07, 6.45) is 2.92. The summed E-state index contributed by atoms with van der Waals surface area (Å²) >= 11 is 3.42. The van der Waals surface area contributed by atoms with Crippen molar-refractivity contribution in [3.05, 3.63) is 30.0 Å². The maximum Gasteiger partial charge on any atom is 0.0650 e. The molecular weight excluding hydrogens is 216 g/mol. The van der Waals surface area contributed by atoms with Gasteiger partial charge in [0.15, 0.2) is 0 Å². The summed E-state index contributed by atoms with van der Waals surface area (Å²) < 4.78 is 0. The normalized spacial score (nSPS) is 10.8. The first-order valence-corrected chi connectivity index (χ1v) is 5.00. The Morgan fingerprint density at radius 3 is 3.17 bits per heavy atom. The highest BCUT2D eigenvalue weighted by Gasteiger charge is 1.96. The first-order chi connectivity index (χ1) is 5.90. The highest BCUT2D eigenvalue weighted by molar-refractivity contribution is 9.09. The maximum absolute atomic E-state index is 3.97. The van der Waals surface area contributed by atoms with Gasteiger partial charge < -0.3 is 0 Å². The van der Waals surface area contributed by atoms with E-state index in [1.807, 2.05) is 6.20 Å². The van der Waals surface area contributed by atoms with Crippen LogP contribution in [0.4, 0.5) is 0 Å². The minimum absolute atomic E-state index is 1.01. The summed E-state index contributed by atoms with van der Waals surface area (Å²) in [5, 5.41) is 9.09. The summed E-state index contributed by atoms with van der Waals surface area (Å²) in [5.41, 5.74) is 2.45. The molecular formula is C9H9BrN2. The molecule has 0 aliphatic carbocycles. The molecule has 0 bridgehead atoms. The molecule has 2 aromatic rings. The van der Waals surface area contributed by atoms with Gasteiger partial charge in [-0.05, 0) is 24.1 Å². The lowest BCUT2D eigenvalue weighted by atomic mass is 10.1. The van der Waals surface area contributed by atoms with Gasteiger partial charge in [0.1, 0.15) is 0 Å². The SMILES string of the molecule is BrCCc1ccc2[nH]ncc2c1. The number of aromatic nitrogens is 2. The fraction of sp³-hybridized carbons (Fsp3) is 0.222. The molecule has 0 spiro atoms. The number of nitrogens with zero attached hydrogens (tertiary/aromatic N) is 1. The Morgan fingerprint density at radius 2 is 2.33 bits per heavy atom. The Morgan fingerprint density at radius 1 is 1.42 bits per heavy atom. The highest BCUT2D eigenvalue weighted by atomic mass is 79.9. The minimum Gasteiger partial charge on any atom is -0.278 e. The monoisotopic (exact) mass is 224 g/mol. The zero-order valence-corrected chi connectivity index (χ0v) is 8.13. The third-order valence-corrected chi connectivity index (χ3v) is 2.28. The molecule has 0 aliphatic heterocycles. The van der Waals surface area contributed by atoms with Crippen molar-refractivity contribution in [3.8, 4) is 0 Å². The zero-order valence-electron chi connectivity index (χ0n) is 6.55. The van der Waals surface area contributed by atoms with Gasteiger partial charge in [0, 0.05) is 10.7 Å². The number of hydrogen-bond acceptors (Lipinski definition) is 1. The molecule has 0 amide bonds. The molecule has 12 heavy (non-hydrogen) atoms. The van der Waals surface area contributed by atoms with Crippen LogP contribution in [0.2, 0.25) is 0 Å². The van der Waals surface area contributed by atoms with E-state index in [1.165, 1.54) is 10.9 Å². The van der Waals surface area contributed by atoms with Gasteiger partial charge in [-0.25, -0.2) is 0 Å². The lowest BCUT2D eigenvalue weighted by Gasteiger charge is -1.96. The van der Waals surface area contributed by atoms with Gasteiger partial charge in [-0.2, -0.15) is 5.10 Å². The summed E-state index contributed by atoms with van der Waals surface area (Å²) in [7, 11) is 0. The van der Waals surface area contributed by atoms with Crippen LogP contribution in [-0.4, -0.2) is 15.5 Å². The van der Waals surface area contributed by atoms with Crippen molar-refractivity contribution < 1.29 is 0 Å². The first-order valence-electron chi connectivity index (χ1n) is 3.88. The Bertz CT molecular complexity index is 381. The van der Waals surface area contributed by atoms with Crippen molar-refractivity contribution >= 4 is 26.8 Å². The molecule has 2 nitrogen and oxygen atoms in total. The number of aryl methyl sites for hydroxylation is 1.